The maximum Gasteiger partial charge on any atom is 0.330 e. The number of aryl methyl sites for hydroxylation is 1. The molecular formula is C15H19N3O5S. The number of aromatic nitrogens is 2. The molecule has 0 amide bonds. The molecule has 130 valence electrons. The summed E-state index contributed by atoms with van der Waals surface area (Å²) in [6.45, 7) is 0.0817. The molecule has 0 atom stereocenters. The number of benzene rings is 1. The first kappa shape index (κ1) is 18.0. The Balaban J connectivity index is 2.39. The van der Waals surface area contributed by atoms with Crippen LogP contribution in [0, 0.1) is 0 Å². The van der Waals surface area contributed by atoms with Crippen molar-refractivity contribution >= 4 is 10.0 Å². The van der Waals surface area contributed by atoms with Crippen LogP contribution in [0.15, 0.2) is 44.9 Å². The van der Waals surface area contributed by atoms with Gasteiger partial charge in [-0.1, -0.05) is 12.1 Å². The minimum atomic E-state index is -4.04. The second-order valence-corrected chi connectivity index (χ2v) is 7.37. The van der Waals surface area contributed by atoms with Crippen LogP contribution in [0.2, 0.25) is 0 Å². The Labute approximate surface area is 139 Å². The van der Waals surface area contributed by atoms with Gasteiger partial charge in [0.2, 0.25) is 10.0 Å². The second-order valence-electron chi connectivity index (χ2n) is 5.36. The molecule has 0 radical (unpaired) electrons. The molecule has 1 heterocycles. The van der Waals surface area contributed by atoms with Crippen molar-refractivity contribution in [3.8, 4) is 5.75 Å². The van der Waals surface area contributed by atoms with Crippen LogP contribution in [0.4, 0.5) is 0 Å². The van der Waals surface area contributed by atoms with E-state index in [1.807, 2.05) is 0 Å². The Morgan fingerprint density at radius 3 is 2.25 bits per heavy atom. The topological polar surface area (TPSA) is 90.6 Å². The molecule has 0 bridgehead atoms. The van der Waals surface area contributed by atoms with Gasteiger partial charge in [-0.2, -0.15) is 4.31 Å². The number of nitrogens with zero attached hydrogens (tertiary/aromatic N) is 3. The number of sulfonamides is 1. The predicted molar refractivity (Wildman–Crippen MR) is 88.6 cm³/mol. The summed E-state index contributed by atoms with van der Waals surface area (Å²) >= 11 is 0. The molecule has 8 nitrogen and oxygen atoms in total. The van der Waals surface area contributed by atoms with Crippen LogP contribution < -0.4 is 16.0 Å². The van der Waals surface area contributed by atoms with Crippen molar-refractivity contribution < 1.29 is 13.2 Å². The third-order valence-electron chi connectivity index (χ3n) is 3.67. The summed E-state index contributed by atoms with van der Waals surface area (Å²) in [6, 6.07) is 6.93. The molecule has 24 heavy (non-hydrogen) atoms. The van der Waals surface area contributed by atoms with Crippen molar-refractivity contribution in [3.05, 3.63) is 56.9 Å². The molecule has 1 aromatic heterocycles. The van der Waals surface area contributed by atoms with E-state index in [9.17, 15) is 18.0 Å². The zero-order chi connectivity index (χ0) is 18.1. The summed E-state index contributed by atoms with van der Waals surface area (Å²) in [4.78, 5) is 23.4. The third kappa shape index (κ3) is 3.26. The maximum absolute atomic E-state index is 12.7. The highest BCUT2D eigenvalue weighted by Crippen LogP contribution is 2.16. The van der Waals surface area contributed by atoms with E-state index in [1.54, 1.807) is 31.4 Å². The monoisotopic (exact) mass is 353 g/mol. The highest BCUT2D eigenvalue weighted by atomic mass is 32.2. The average Bonchev–Trinajstić information content (AvgIpc) is 2.56. The smallest absolute Gasteiger partial charge is 0.330 e. The average molecular weight is 353 g/mol. The molecule has 2 aromatic rings. The molecule has 0 aliphatic heterocycles. The van der Waals surface area contributed by atoms with E-state index in [-0.39, 0.29) is 6.54 Å². The molecule has 2 rings (SSSR count). The number of hydrogen-bond donors (Lipinski definition) is 0. The predicted octanol–water partition coefficient (Wildman–Crippen LogP) is -0.0867. The van der Waals surface area contributed by atoms with Gasteiger partial charge in [0.1, 0.15) is 5.75 Å². The van der Waals surface area contributed by atoms with E-state index in [0.29, 0.717) is 5.75 Å². The fourth-order valence-corrected chi connectivity index (χ4v) is 3.50. The summed E-state index contributed by atoms with van der Waals surface area (Å²) in [5.74, 6) is 0.663. The van der Waals surface area contributed by atoms with Crippen molar-refractivity contribution in [2.75, 3.05) is 14.2 Å². The molecule has 0 unspecified atom stereocenters. The molecule has 1 aromatic carbocycles. The quantitative estimate of drug-likeness (QED) is 0.749. The molecule has 0 saturated carbocycles. The minimum absolute atomic E-state index is 0.0817. The van der Waals surface area contributed by atoms with E-state index < -0.39 is 26.2 Å². The van der Waals surface area contributed by atoms with Crippen LogP contribution in [0.1, 0.15) is 5.56 Å². The largest absolute Gasteiger partial charge is 0.497 e. The first-order valence-electron chi connectivity index (χ1n) is 7.04. The number of rotatable bonds is 5. The summed E-state index contributed by atoms with van der Waals surface area (Å²) in [7, 11) is 1.52. The first-order chi connectivity index (χ1) is 11.2. The fourth-order valence-electron chi connectivity index (χ4n) is 2.19. The van der Waals surface area contributed by atoms with Crippen LogP contribution in [0.5, 0.6) is 5.75 Å². The zero-order valence-electron chi connectivity index (χ0n) is 13.9. The minimum Gasteiger partial charge on any atom is -0.497 e. The molecule has 0 aliphatic rings. The zero-order valence-corrected chi connectivity index (χ0v) is 14.7. The number of ether oxygens (including phenoxy) is 1. The van der Waals surface area contributed by atoms with Gasteiger partial charge in [0.25, 0.3) is 5.56 Å². The van der Waals surface area contributed by atoms with Crippen LogP contribution >= 0.6 is 0 Å². The van der Waals surface area contributed by atoms with Crippen LogP contribution in [-0.2, 0) is 30.7 Å². The molecule has 0 N–H and O–H groups in total. The maximum atomic E-state index is 12.7. The van der Waals surface area contributed by atoms with Gasteiger partial charge in [0.05, 0.1) is 7.11 Å². The Morgan fingerprint density at radius 1 is 1.12 bits per heavy atom. The van der Waals surface area contributed by atoms with E-state index >= 15 is 0 Å². The first-order valence-corrected chi connectivity index (χ1v) is 8.48. The lowest BCUT2D eigenvalue weighted by Gasteiger charge is -2.18. The third-order valence-corrected chi connectivity index (χ3v) is 5.45. The normalized spacial score (nSPS) is 11.7. The summed E-state index contributed by atoms with van der Waals surface area (Å²) < 4.78 is 33.3. The second kappa shape index (κ2) is 6.62. The van der Waals surface area contributed by atoms with Crippen molar-refractivity contribution in [2.45, 2.75) is 11.4 Å². The SMILES string of the molecule is COc1ccc(CN(C)S(=O)(=O)c2cn(C)c(=O)n(C)c2=O)cc1. The lowest BCUT2D eigenvalue weighted by molar-refractivity contribution is 0.414. The Morgan fingerprint density at radius 2 is 1.71 bits per heavy atom. The Kier molecular flexibility index (Phi) is 4.95. The number of hydrogen-bond acceptors (Lipinski definition) is 5. The highest BCUT2D eigenvalue weighted by molar-refractivity contribution is 7.89. The lowest BCUT2D eigenvalue weighted by atomic mass is 10.2. The summed E-state index contributed by atoms with van der Waals surface area (Å²) in [5.41, 5.74) is -0.694. The van der Waals surface area contributed by atoms with Gasteiger partial charge in [-0.25, -0.2) is 13.2 Å². The highest BCUT2D eigenvalue weighted by Gasteiger charge is 2.26. The van der Waals surface area contributed by atoms with Gasteiger partial charge >= 0.3 is 5.69 Å². The van der Waals surface area contributed by atoms with Gasteiger partial charge in [-0.05, 0) is 17.7 Å². The van der Waals surface area contributed by atoms with Gasteiger partial charge in [0.15, 0.2) is 4.90 Å². The Hall–Kier alpha value is -2.39. The van der Waals surface area contributed by atoms with Crippen LogP contribution in [0.3, 0.4) is 0 Å². The van der Waals surface area contributed by atoms with Crippen molar-refractivity contribution in [2.24, 2.45) is 14.1 Å². The van der Waals surface area contributed by atoms with Gasteiger partial charge in [-0.3, -0.25) is 9.36 Å². The number of methoxy groups -OCH3 is 1. The standard InChI is InChI=1S/C15H19N3O5S/c1-16-10-13(14(19)18(3)15(16)20)24(21,22)17(2)9-11-5-7-12(23-4)8-6-11/h5-8,10H,9H2,1-4H3. The molecule has 0 aliphatic carbocycles. The van der Waals surface area contributed by atoms with Crippen LogP contribution in [-0.4, -0.2) is 36.0 Å². The summed E-state index contributed by atoms with van der Waals surface area (Å²) in [6.07, 6.45) is 1.05. The molecular weight excluding hydrogens is 334 g/mol. The van der Waals surface area contributed by atoms with Crippen molar-refractivity contribution in [1.29, 1.82) is 0 Å². The lowest BCUT2D eigenvalue weighted by Crippen LogP contribution is -2.41. The van der Waals surface area contributed by atoms with Gasteiger partial charge in [0, 0.05) is 33.9 Å². The van der Waals surface area contributed by atoms with Crippen molar-refractivity contribution in [1.82, 2.24) is 13.4 Å². The van der Waals surface area contributed by atoms with Crippen molar-refractivity contribution in [3.63, 3.8) is 0 Å². The molecule has 0 fully saturated rings. The molecule has 9 heteroatoms. The van der Waals surface area contributed by atoms with Crippen LogP contribution in [0.25, 0.3) is 0 Å². The molecule has 0 saturated heterocycles. The van der Waals surface area contributed by atoms with E-state index in [4.69, 9.17) is 4.74 Å². The van der Waals surface area contributed by atoms with E-state index in [0.717, 1.165) is 25.2 Å². The van der Waals surface area contributed by atoms with E-state index in [1.165, 1.54) is 21.1 Å². The molecule has 0 spiro atoms. The van der Waals surface area contributed by atoms with Gasteiger partial charge < -0.3 is 9.30 Å². The van der Waals surface area contributed by atoms with Gasteiger partial charge in [-0.15, -0.1) is 0 Å². The Bertz CT molecular complexity index is 958. The fraction of sp³-hybridized carbons (Fsp3) is 0.333. The summed E-state index contributed by atoms with van der Waals surface area (Å²) in [5, 5.41) is 0. The van der Waals surface area contributed by atoms with E-state index in [2.05, 4.69) is 0 Å².